The van der Waals surface area contributed by atoms with Gasteiger partial charge in [-0.25, -0.2) is 0 Å². The summed E-state index contributed by atoms with van der Waals surface area (Å²) in [6, 6.07) is 5.14. The molecule has 1 unspecified atom stereocenters. The van der Waals surface area contributed by atoms with Crippen molar-refractivity contribution in [3.8, 4) is 0 Å². The van der Waals surface area contributed by atoms with Gasteiger partial charge in [0.1, 0.15) is 0 Å². The van der Waals surface area contributed by atoms with Crippen molar-refractivity contribution in [2.75, 3.05) is 26.8 Å². The standard InChI is InChI=1S/C14H18BrClN2O2/c1-20-9-14(5-2-6-18-14)8-17-13(19)11-4-3-10(16)7-12(11)15/h3-4,7,18H,2,5-6,8-9H2,1H3,(H,17,19). The van der Waals surface area contributed by atoms with Gasteiger partial charge in [-0.15, -0.1) is 0 Å². The molecule has 0 bridgehead atoms. The average molecular weight is 362 g/mol. The number of rotatable bonds is 5. The molecule has 1 fully saturated rings. The van der Waals surface area contributed by atoms with Gasteiger partial charge < -0.3 is 15.4 Å². The van der Waals surface area contributed by atoms with Crippen molar-refractivity contribution >= 4 is 33.4 Å². The molecule has 1 aromatic rings. The number of methoxy groups -OCH3 is 1. The molecule has 110 valence electrons. The van der Waals surface area contributed by atoms with Crippen LogP contribution in [0.1, 0.15) is 23.2 Å². The van der Waals surface area contributed by atoms with Crippen LogP contribution in [-0.2, 0) is 4.74 Å². The summed E-state index contributed by atoms with van der Waals surface area (Å²) in [6.07, 6.45) is 2.10. The molecule has 20 heavy (non-hydrogen) atoms. The van der Waals surface area contributed by atoms with E-state index in [1.54, 1.807) is 25.3 Å². The Kier molecular flexibility index (Phi) is 5.43. The Morgan fingerprint density at radius 2 is 2.40 bits per heavy atom. The Labute approximate surface area is 132 Å². The van der Waals surface area contributed by atoms with Gasteiger partial charge in [0.15, 0.2) is 0 Å². The molecule has 6 heteroatoms. The first-order valence-corrected chi connectivity index (χ1v) is 7.71. The van der Waals surface area contributed by atoms with Crippen LogP contribution in [-0.4, -0.2) is 38.3 Å². The zero-order valence-electron chi connectivity index (χ0n) is 11.3. The number of halogens is 2. The molecular formula is C14H18BrClN2O2. The van der Waals surface area contributed by atoms with E-state index in [0.717, 1.165) is 19.4 Å². The van der Waals surface area contributed by atoms with E-state index in [1.807, 2.05) is 0 Å². The van der Waals surface area contributed by atoms with Crippen LogP contribution >= 0.6 is 27.5 Å². The fourth-order valence-electron chi connectivity index (χ4n) is 2.49. The van der Waals surface area contributed by atoms with E-state index in [-0.39, 0.29) is 11.4 Å². The summed E-state index contributed by atoms with van der Waals surface area (Å²) in [6.45, 7) is 2.10. The van der Waals surface area contributed by atoms with E-state index < -0.39 is 0 Å². The first-order valence-electron chi connectivity index (χ1n) is 6.53. The molecule has 2 N–H and O–H groups in total. The van der Waals surface area contributed by atoms with Crippen LogP contribution in [0.15, 0.2) is 22.7 Å². The maximum atomic E-state index is 12.2. The number of carbonyl (C=O) groups excluding carboxylic acids is 1. The van der Waals surface area contributed by atoms with Gasteiger partial charge in [0.25, 0.3) is 5.91 Å². The summed E-state index contributed by atoms with van der Waals surface area (Å²) < 4.78 is 5.96. The van der Waals surface area contributed by atoms with Crippen molar-refractivity contribution in [1.82, 2.24) is 10.6 Å². The van der Waals surface area contributed by atoms with Crippen molar-refractivity contribution in [2.45, 2.75) is 18.4 Å². The van der Waals surface area contributed by atoms with Crippen molar-refractivity contribution < 1.29 is 9.53 Å². The second-order valence-corrected chi connectivity index (χ2v) is 6.34. The van der Waals surface area contributed by atoms with E-state index in [4.69, 9.17) is 16.3 Å². The van der Waals surface area contributed by atoms with Crippen molar-refractivity contribution in [3.63, 3.8) is 0 Å². The molecular weight excluding hydrogens is 344 g/mol. The molecule has 2 rings (SSSR count). The molecule has 1 aliphatic rings. The Morgan fingerprint density at radius 1 is 1.60 bits per heavy atom. The van der Waals surface area contributed by atoms with E-state index >= 15 is 0 Å². The minimum atomic E-state index is -0.149. The van der Waals surface area contributed by atoms with Gasteiger partial charge in [-0.1, -0.05) is 11.6 Å². The highest BCUT2D eigenvalue weighted by molar-refractivity contribution is 9.10. The number of benzene rings is 1. The van der Waals surface area contributed by atoms with Crippen LogP contribution in [0.25, 0.3) is 0 Å². The molecule has 0 radical (unpaired) electrons. The third-order valence-corrected chi connectivity index (χ3v) is 4.41. The number of ether oxygens (including phenoxy) is 1. The van der Waals surface area contributed by atoms with Crippen molar-refractivity contribution in [3.05, 3.63) is 33.3 Å². The highest BCUT2D eigenvalue weighted by Gasteiger charge is 2.33. The fraction of sp³-hybridized carbons (Fsp3) is 0.500. The van der Waals surface area contributed by atoms with E-state index in [1.165, 1.54) is 0 Å². The van der Waals surface area contributed by atoms with E-state index in [2.05, 4.69) is 26.6 Å². The van der Waals surface area contributed by atoms with Gasteiger partial charge in [-0.05, 0) is 53.5 Å². The van der Waals surface area contributed by atoms with Gasteiger partial charge in [0, 0.05) is 23.1 Å². The van der Waals surface area contributed by atoms with Crippen LogP contribution in [0.4, 0.5) is 0 Å². The predicted molar refractivity (Wildman–Crippen MR) is 83.3 cm³/mol. The summed E-state index contributed by atoms with van der Waals surface area (Å²) in [5.74, 6) is -0.113. The molecule has 1 saturated heterocycles. The SMILES string of the molecule is COCC1(CNC(=O)c2ccc(Cl)cc2Br)CCCN1. The predicted octanol–water partition coefficient (Wildman–Crippen LogP) is 2.60. The van der Waals surface area contributed by atoms with Crippen LogP contribution < -0.4 is 10.6 Å². The lowest BCUT2D eigenvalue weighted by Gasteiger charge is -2.29. The topological polar surface area (TPSA) is 50.4 Å². The lowest BCUT2D eigenvalue weighted by Crippen LogP contribution is -2.53. The summed E-state index contributed by atoms with van der Waals surface area (Å²) in [5, 5.41) is 7.00. The fourth-order valence-corrected chi connectivity index (χ4v) is 3.35. The quantitative estimate of drug-likeness (QED) is 0.847. The van der Waals surface area contributed by atoms with Gasteiger partial charge in [-0.3, -0.25) is 4.79 Å². The van der Waals surface area contributed by atoms with Gasteiger partial charge in [-0.2, -0.15) is 0 Å². The lowest BCUT2D eigenvalue weighted by atomic mass is 9.98. The molecule has 0 aliphatic carbocycles. The minimum Gasteiger partial charge on any atom is -0.383 e. The maximum Gasteiger partial charge on any atom is 0.252 e. The van der Waals surface area contributed by atoms with Gasteiger partial charge in [0.05, 0.1) is 17.7 Å². The highest BCUT2D eigenvalue weighted by Crippen LogP contribution is 2.22. The second-order valence-electron chi connectivity index (χ2n) is 5.05. The largest absolute Gasteiger partial charge is 0.383 e. The molecule has 1 aromatic carbocycles. The number of hydrogen-bond acceptors (Lipinski definition) is 3. The molecule has 0 spiro atoms. The summed E-state index contributed by atoms with van der Waals surface area (Å²) >= 11 is 9.24. The molecule has 1 amide bonds. The average Bonchev–Trinajstić information content (AvgIpc) is 2.85. The normalized spacial score (nSPS) is 21.9. The third kappa shape index (κ3) is 3.73. The number of nitrogens with one attached hydrogen (secondary N) is 2. The Bertz CT molecular complexity index is 490. The van der Waals surface area contributed by atoms with E-state index in [9.17, 15) is 4.79 Å². The summed E-state index contributed by atoms with van der Waals surface area (Å²) in [4.78, 5) is 12.2. The first-order chi connectivity index (χ1) is 9.56. The third-order valence-electron chi connectivity index (χ3n) is 3.52. The minimum absolute atomic E-state index is 0.113. The lowest BCUT2D eigenvalue weighted by molar-refractivity contribution is 0.0891. The highest BCUT2D eigenvalue weighted by atomic mass is 79.9. The van der Waals surface area contributed by atoms with Crippen LogP contribution in [0.5, 0.6) is 0 Å². The van der Waals surface area contributed by atoms with Crippen LogP contribution in [0.2, 0.25) is 5.02 Å². The van der Waals surface area contributed by atoms with Crippen LogP contribution in [0.3, 0.4) is 0 Å². The number of carbonyl (C=O) groups is 1. The van der Waals surface area contributed by atoms with Crippen molar-refractivity contribution in [2.24, 2.45) is 0 Å². The number of hydrogen-bond donors (Lipinski definition) is 2. The second kappa shape index (κ2) is 6.89. The molecule has 1 atom stereocenters. The molecule has 0 aromatic heterocycles. The zero-order valence-corrected chi connectivity index (χ0v) is 13.7. The molecule has 0 saturated carbocycles. The van der Waals surface area contributed by atoms with Gasteiger partial charge in [0.2, 0.25) is 0 Å². The first kappa shape index (κ1) is 15.8. The van der Waals surface area contributed by atoms with Gasteiger partial charge >= 0.3 is 0 Å². The molecule has 1 heterocycles. The Hall–Kier alpha value is -0.620. The maximum absolute atomic E-state index is 12.2. The monoisotopic (exact) mass is 360 g/mol. The molecule has 1 aliphatic heterocycles. The van der Waals surface area contributed by atoms with Crippen LogP contribution in [0, 0.1) is 0 Å². The van der Waals surface area contributed by atoms with Crippen molar-refractivity contribution in [1.29, 1.82) is 0 Å². The van der Waals surface area contributed by atoms with E-state index in [0.29, 0.717) is 28.2 Å². The molecule has 4 nitrogen and oxygen atoms in total. The smallest absolute Gasteiger partial charge is 0.252 e. The zero-order chi connectivity index (χ0) is 14.6. The summed E-state index contributed by atoms with van der Waals surface area (Å²) in [5.41, 5.74) is 0.434. The Balaban J connectivity index is 2.00. The number of amides is 1. The Morgan fingerprint density at radius 3 is 3.00 bits per heavy atom. The summed E-state index contributed by atoms with van der Waals surface area (Å²) in [7, 11) is 1.68.